The summed E-state index contributed by atoms with van der Waals surface area (Å²) in [5.41, 5.74) is 9.53. The van der Waals surface area contributed by atoms with Gasteiger partial charge in [-0.15, -0.1) is 0 Å². The minimum atomic E-state index is -0.771. The average molecular weight is 273 g/mol. The van der Waals surface area contributed by atoms with Gasteiger partial charge < -0.3 is 9.67 Å². The van der Waals surface area contributed by atoms with Crippen molar-refractivity contribution < 1.29 is 9.90 Å². The third-order valence-electron chi connectivity index (χ3n) is 4.41. The van der Waals surface area contributed by atoms with Crippen molar-refractivity contribution in [1.29, 1.82) is 0 Å². The summed E-state index contributed by atoms with van der Waals surface area (Å²) in [6.45, 7) is 3.94. The maximum Gasteiger partial charge on any atom is 0.310 e. The van der Waals surface area contributed by atoms with Crippen molar-refractivity contribution in [2.45, 2.75) is 25.9 Å². The molecule has 0 spiro atoms. The number of rotatable bonds is 2. The molecule has 0 amide bonds. The molecule has 5 heteroatoms. The van der Waals surface area contributed by atoms with Gasteiger partial charge in [0.2, 0.25) is 0 Å². The summed E-state index contributed by atoms with van der Waals surface area (Å²) >= 11 is 0. The minimum Gasteiger partial charge on any atom is -0.481 e. The molecule has 1 aliphatic rings. The first-order valence-electron chi connectivity index (χ1n) is 6.80. The second kappa shape index (κ2) is 4.61. The zero-order valence-electron chi connectivity index (χ0n) is 11.8. The molecular formula is C15H19N3O2. The Hall–Kier alpha value is -1.85. The van der Waals surface area contributed by atoms with Crippen molar-refractivity contribution in [3.8, 4) is 0 Å². The molecule has 5 nitrogen and oxygen atoms in total. The van der Waals surface area contributed by atoms with Crippen LogP contribution < -0.4 is 10.9 Å². The summed E-state index contributed by atoms with van der Waals surface area (Å²) in [4.78, 5) is 11.6. The van der Waals surface area contributed by atoms with E-state index in [1.165, 1.54) is 0 Å². The highest BCUT2D eigenvalue weighted by molar-refractivity contribution is 5.87. The number of nitrogens with zero attached hydrogens (tertiary/aromatic N) is 1. The molecule has 1 fully saturated rings. The van der Waals surface area contributed by atoms with E-state index in [-0.39, 0.29) is 12.1 Å². The third kappa shape index (κ3) is 1.74. The predicted octanol–water partition coefficient (Wildman–Crippen LogP) is 1.72. The van der Waals surface area contributed by atoms with Crippen LogP contribution in [0.5, 0.6) is 0 Å². The quantitative estimate of drug-likeness (QED) is 0.779. The summed E-state index contributed by atoms with van der Waals surface area (Å²) in [6.07, 6.45) is 0. The van der Waals surface area contributed by atoms with Crippen molar-refractivity contribution >= 4 is 16.9 Å². The van der Waals surface area contributed by atoms with Gasteiger partial charge in [0.05, 0.1) is 12.0 Å². The maximum absolute atomic E-state index is 11.6. The van der Waals surface area contributed by atoms with E-state index in [4.69, 9.17) is 0 Å². The largest absolute Gasteiger partial charge is 0.481 e. The summed E-state index contributed by atoms with van der Waals surface area (Å²) < 4.78 is 2.12. The van der Waals surface area contributed by atoms with Crippen LogP contribution in [0.4, 0.5) is 0 Å². The number of hydrogen-bond donors (Lipinski definition) is 3. The molecule has 3 atom stereocenters. The molecule has 1 saturated heterocycles. The smallest absolute Gasteiger partial charge is 0.310 e. The van der Waals surface area contributed by atoms with Crippen LogP contribution in [-0.4, -0.2) is 21.7 Å². The van der Waals surface area contributed by atoms with Crippen molar-refractivity contribution in [2.24, 2.45) is 13.0 Å². The molecule has 1 aromatic carbocycles. The van der Waals surface area contributed by atoms with Gasteiger partial charge in [-0.3, -0.25) is 10.2 Å². The minimum absolute atomic E-state index is 0.101. The normalized spacial score (nSPS) is 26.2. The number of hydrazine groups is 1. The van der Waals surface area contributed by atoms with Crippen molar-refractivity contribution in [3.05, 3.63) is 35.5 Å². The highest BCUT2D eigenvalue weighted by Gasteiger charge is 2.41. The van der Waals surface area contributed by atoms with Crippen LogP contribution >= 0.6 is 0 Å². The third-order valence-corrected chi connectivity index (χ3v) is 4.41. The van der Waals surface area contributed by atoms with E-state index in [0.29, 0.717) is 0 Å². The molecule has 0 aliphatic carbocycles. The molecule has 0 bridgehead atoms. The van der Waals surface area contributed by atoms with Crippen LogP contribution in [-0.2, 0) is 11.8 Å². The van der Waals surface area contributed by atoms with Gasteiger partial charge in [0.15, 0.2) is 0 Å². The first-order valence-corrected chi connectivity index (χ1v) is 6.80. The number of carbonyl (C=O) groups is 1. The van der Waals surface area contributed by atoms with Gasteiger partial charge in [-0.25, -0.2) is 5.43 Å². The van der Waals surface area contributed by atoms with E-state index in [1.807, 2.05) is 33.0 Å². The molecular weight excluding hydrogens is 254 g/mol. The van der Waals surface area contributed by atoms with Crippen molar-refractivity contribution in [1.82, 2.24) is 15.4 Å². The molecule has 3 unspecified atom stereocenters. The fourth-order valence-corrected chi connectivity index (χ4v) is 3.24. The van der Waals surface area contributed by atoms with Gasteiger partial charge in [-0.1, -0.05) is 18.2 Å². The number of benzene rings is 1. The molecule has 2 aromatic rings. The Balaban J connectivity index is 2.20. The summed E-state index contributed by atoms with van der Waals surface area (Å²) in [7, 11) is 2.02. The average Bonchev–Trinajstić information content (AvgIpc) is 2.90. The maximum atomic E-state index is 11.6. The van der Waals surface area contributed by atoms with Gasteiger partial charge in [-0.2, -0.15) is 0 Å². The second-order valence-electron chi connectivity index (χ2n) is 5.49. The lowest BCUT2D eigenvalue weighted by Gasteiger charge is -2.17. The zero-order chi connectivity index (χ0) is 14.4. The predicted molar refractivity (Wildman–Crippen MR) is 77.3 cm³/mol. The Morgan fingerprint density at radius 2 is 2.00 bits per heavy atom. The number of fused-ring (bicyclic) bond motifs is 1. The lowest BCUT2D eigenvalue weighted by molar-refractivity contribution is -0.142. The SMILES string of the molecule is Cc1c(C2NNC(C)C2C(=O)O)c2ccccc2n1C. The number of hydrogen-bond acceptors (Lipinski definition) is 3. The van der Waals surface area contributed by atoms with E-state index in [1.54, 1.807) is 0 Å². The number of aromatic nitrogens is 1. The van der Waals surface area contributed by atoms with Crippen LogP contribution in [0.3, 0.4) is 0 Å². The van der Waals surface area contributed by atoms with Gasteiger partial charge >= 0.3 is 5.97 Å². The number of nitrogens with one attached hydrogen (secondary N) is 2. The molecule has 0 saturated carbocycles. The molecule has 1 aliphatic heterocycles. The molecule has 106 valence electrons. The Morgan fingerprint density at radius 3 is 2.70 bits per heavy atom. The highest BCUT2D eigenvalue weighted by atomic mass is 16.4. The standard InChI is InChI=1S/C15H19N3O2/c1-8-12(15(19)20)14(17-16-8)13-9(2)18(3)11-7-5-4-6-10(11)13/h4-8,12,14,16-17H,1-3H3,(H,19,20). The van der Waals surface area contributed by atoms with E-state index in [9.17, 15) is 9.90 Å². The van der Waals surface area contributed by atoms with Crippen LogP contribution in [0, 0.1) is 12.8 Å². The van der Waals surface area contributed by atoms with Gasteiger partial charge in [0.1, 0.15) is 0 Å². The van der Waals surface area contributed by atoms with Gasteiger partial charge in [-0.05, 0) is 25.5 Å². The topological polar surface area (TPSA) is 66.3 Å². The lowest BCUT2D eigenvalue weighted by Crippen LogP contribution is -2.30. The fraction of sp³-hybridized carbons (Fsp3) is 0.400. The van der Waals surface area contributed by atoms with Crippen LogP contribution in [0.1, 0.15) is 24.2 Å². The Labute approximate surface area is 117 Å². The number of carboxylic acids is 1. The summed E-state index contributed by atoms with van der Waals surface area (Å²) in [6, 6.07) is 7.80. The second-order valence-corrected chi connectivity index (χ2v) is 5.49. The number of aryl methyl sites for hydroxylation is 1. The molecule has 3 N–H and O–H groups in total. The summed E-state index contributed by atoms with van der Waals surface area (Å²) in [5.74, 6) is -1.24. The monoisotopic (exact) mass is 273 g/mol. The van der Waals surface area contributed by atoms with E-state index >= 15 is 0 Å². The van der Waals surface area contributed by atoms with E-state index in [0.717, 1.165) is 22.2 Å². The number of carboxylic acid groups (broad SMARTS) is 1. The van der Waals surface area contributed by atoms with Crippen LogP contribution in [0.25, 0.3) is 10.9 Å². The Bertz CT molecular complexity index is 677. The van der Waals surface area contributed by atoms with Gasteiger partial charge in [0.25, 0.3) is 0 Å². The number of aliphatic carboxylic acids is 1. The van der Waals surface area contributed by atoms with Crippen molar-refractivity contribution in [3.63, 3.8) is 0 Å². The van der Waals surface area contributed by atoms with E-state index < -0.39 is 11.9 Å². The summed E-state index contributed by atoms with van der Waals surface area (Å²) in [5, 5.41) is 10.6. The highest BCUT2D eigenvalue weighted by Crippen LogP contribution is 2.36. The van der Waals surface area contributed by atoms with Crippen LogP contribution in [0.15, 0.2) is 24.3 Å². The van der Waals surface area contributed by atoms with E-state index in [2.05, 4.69) is 27.6 Å². The van der Waals surface area contributed by atoms with Crippen LogP contribution in [0.2, 0.25) is 0 Å². The molecule has 0 radical (unpaired) electrons. The first-order chi connectivity index (χ1) is 9.52. The molecule has 2 heterocycles. The number of para-hydroxylation sites is 1. The Morgan fingerprint density at radius 1 is 1.30 bits per heavy atom. The Kier molecular flexibility index (Phi) is 3.03. The molecule has 1 aromatic heterocycles. The fourth-order valence-electron chi connectivity index (χ4n) is 3.24. The molecule has 20 heavy (non-hydrogen) atoms. The molecule has 3 rings (SSSR count). The van der Waals surface area contributed by atoms with Crippen molar-refractivity contribution in [2.75, 3.05) is 0 Å². The first kappa shape index (κ1) is 13.1. The lowest BCUT2D eigenvalue weighted by atomic mass is 9.89. The van der Waals surface area contributed by atoms with Gasteiger partial charge in [0, 0.05) is 29.7 Å². The zero-order valence-corrected chi connectivity index (χ0v) is 11.8.